The molecule has 6 nitrogen and oxygen atoms in total. The summed E-state index contributed by atoms with van der Waals surface area (Å²) >= 11 is 0. The zero-order chi connectivity index (χ0) is 17.1. The van der Waals surface area contributed by atoms with Crippen molar-refractivity contribution in [3.05, 3.63) is 12.3 Å². The van der Waals surface area contributed by atoms with Gasteiger partial charge in [0.2, 0.25) is 0 Å². The van der Waals surface area contributed by atoms with E-state index in [0.29, 0.717) is 12.1 Å². The van der Waals surface area contributed by atoms with Crippen LogP contribution in [0, 0.1) is 0 Å². The summed E-state index contributed by atoms with van der Waals surface area (Å²) in [6.07, 6.45) is -0.958. The molecule has 128 valence electrons. The minimum absolute atomic E-state index is 0.105. The first kappa shape index (κ1) is 17.5. The minimum atomic E-state index is -4.21. The zero-order valence-electron chi connectivity index (χ0n) is 12.8. The Bertz CT molecular complexity index is 567. The highest BCUT2D eigenvalue weighted by Gasteiger charge is 2.38. The molecule has 0 saturated carbocycles. The third kappa shape index (κ3) is 4.54. The monoisotopic (exact) mass is 331 g/mol. The van der Waals surface area contributed by atoms with Crippen LogP contribution in [0.25, 0.3) is 0 Å². The number of amidine groups is 1. The van der Waals surface area contributed by atoms with Crippen molar-refractivity contribution in [3.63, 3.8) is 0 Å². The van der Waals surface area contributed by atoms with Crippen molar-refractivity contribution >= 4 is 17.5 Å². The van der Waals surface area contributed by atoms with Gasteiger partial charge in [-0.3, -0.25) is 9.98 Å². The van der Waals surface area contributed by atoms with Crippen LogP contribution < -0.4 is 11.1 Å². The van der Waals surface area contributed by atoms with Crippen molar-refractivity contribution in [1.82, 2.24) is 5.32 Å². The number of alkyl halides is 3. The molecule has 0 aromatic carbocycles. The van der Waals surface area contributed by atoms with Gasteiger partial charge >= 0.3 is 6.18 Å². The predicted molar refractivity (Wildman–Crippen MR) is 82.6 cm³/mol. The number of fused-ring (bicyclic) bond motifs is 1. The summed E-state index contributed by atoms with van der Waals surface area (Å²) in [6.45, 7) is 1.54. The Morgan fingerprint density at radius 3 is 2.91 bits per heavy atom. The van der Waals surface area contributed by atoms with Crippen molar-refractivity contribution in [2.24, 2.45) is 20.7 Å². The fourth-order valence-electron chi connectivity index (χ4n) is 2.54. The van der Waals surface area contributed by atoms with Crippen molar-refractivity contribution in [1.29, 1.82) is 0 Å². The van der Waals surface area contributed by atoms with Gasteiger partial charge in [0, 0.05) is 12.6 Å². The second kappa shape index (κ2) is 6.69. The number of hydrogen-bond donors (Lipinski definition) is 3. The summed E-state index contributed by atoms with van der Waals surface area (Å²) in [5.41, 5.74) is 5.78. The Balaban J connectivity index is 2.16. The lowest BCUT2D eigenvalue weighted by atomic mass is 9.88. The van der Waals surface area contributed by atoms with E-state index in [1.54, 1.807) is 6.20 Å². The molecule has 1 unspecified atom stereocenters. The molecule has 0 amide bonds. The molecule has 2 aliphatic heterocycles. The number of hydrogen-bond acceptors (Lipinski definition) is 5. The van der Waals surface area contributed by atoms with Gasteiger partial charge in [0.1, 0.15) is 5.71 Å². The first-order chi connectivity index (χ1) is 10.7. The van der Waals surface area contributed by atoms with Crippen LogP contribution in [0.4, 0.5) is 13.2 Å². The number of nitrogens with two attached hydrogens (primary N) is 1. The highest BCUT2D eigenvalue weighted by atomic mass is 19.4. The van der Waals surface area contributed by atoms with Gasteiger partial charge in [-0.15, -0.1) is 0 Å². The van der Waals surface area contributed by atoms with E-state index in [1.165, 1.54) is 0 Å². The third-order valence-electron chi connectivity index (χ3n) is 3.71. The van der Waals surface area contributed by atoms with Crippen LogP contribution in [0.3, 0.4) is 0 Å². The van der Waals surface area contributed by atoms with Crippen LogP contribution in [0.1, 0.15) is 32.6 Å². The lowest BCUT2D eigenvalue weighted by molar-refractivity contribution is -0.135. The molecule has 2 aliphatic rings. The molecule has 0 aromatic rings. The van der Waals surface area contributed by atoms with E-state index in [4.69, 9.17) is 5.73 Å². The topological polar surface area (TPSA) is 95.4 Å². The highest BCUT2D eigenvalue weighted by molar-refractivity contribution is 6.48. The maximum atomic E-state index is 12.2. The van der Waals surface area contributed by atoms with Gasteiger partial charge in [-0.05, 0) is 26.2 Å². The summed E-state index contributed by atoms with van der Waals surface area (Å²) in [5.74, 6) is 0.437. The number of halogens is 3. The van der Waals surface area contributed by atoms with Crippen molar-refractivity contribution < 1.29 is 18.3 Å². The fourth-order valence-corrected chi connectivity index (χ4v) is 2.54. The van der Waals surface area contributed by atoms with Gasteiger partial charge in [-0.25, -0.2) is 0 Å². The maximum Gasteiger partial charge on any atom is 0.389 e. The van der Waals surface area contributed by atoms with Gasteiger partial charge < -0.3 is 16.2 Å². The molecule has 4 N–H and O–H groups in total. The summed E-state index contributed by atoms with van der Waals surface area (Å²) in [7, 11) is 0. The van der Waals surface area contributed by atoms with Crippen LogP contribution in [0.15, 0.2) is 27.3 Å². The molecule has 23 heavy (non-hydrogen) atoms. The van der Waals surface area contributed by atoms with Crippen molar-refractivity contribution in [3.8, 4) is 0 Å². The van der Waals surface area contributed by atoms with E-state index in [2.05, 4.69) is 20.3 Å². The van der Waals surface area contributed by atoms with Crippen LogP contribution in [0.5, 0.6) is 0 Å². The Morgan fingerprint density at radius 2 is 2.26 bits per heavy atom. The van der Waals surface area contributed by atoms with E-state index < -0.39 is 24.2 Å². The number of rotatable bonds is 5. The fraction of sp³-hybridized carbons (Fsp3) is 0.643. The standard InChI is InChI=1S/C14H20F3N5O/c1-13-5-3-7-19-10(13)11(21-12(18)22-13)20-9(8-23)4-2-6-14(15,16)17/h3,7,9,23H,2,4-6,8H2,1H3,(H3,18,20,21,22)/t9-,13?/m1/s1. The third-order valence-corrected chi connectivity index (χ3v) is 3.71. The molecule has 2 atom stereocenters. The van der Waals surface area contributed by atoms with Gasteiger partial charge in [0.15, 0.2) is 11.8 Å². The van der Waals surface area contributed by atoms with Crippen LogP contribution >= 0.6 is 0 Å². The Labute approximate surface area is 132 Å². The molecular weight excluding hydrogens is 311 g/mol. The van der Waals surface area contributed by atoms with Gasteiger partial charge in [0.05, 0.1) is 18.2 Å². The van der Waals surface area contributed by atoms with E-state index in [0.717, 1.165) is 0 Å². The predicted octanol–water partition coefficient (Wildman–Crippen LogP) is 1.51. The number of aliphatic hydroxyl groups excluding tert-OH is 1. The molecular formula is C14H20F3N5O. The van der Waals surface area contributed by atoms with Crippen molar-refractivity contribution in [2.75, 3.05) is 6.61 Å². The van der Waals surface area contributed by atoms with E-state index >= 15 is 0 Å². The van der Waals surface area contributed by atoms with Crippen LogP contribution in [-0.2, 0) is 0 Å². The molecule has 9 heteroatoms. The number of aliphatic hydroxyl groups is 1. The smallest absolute Gasteiger partial charge is 0.389 e. The summed E-state index contributed by atoms with van der Waals surface area (Å²) in [6, 6.07) is -0.667. The second-order valence-electron chi connectivity index (χ2n) is 5.82. The lowest BCUT2D eigenvalue weighted by Crippen LogP contribution is -2.60. The van der Waals surface area contributed by atoms with Crippen LogP contribution in [-0.4, -0.2) is 47.0 Å². The largest absolute Gasteiger partial charge is 0.394 e. The maximum absolute atomic E-state index is 12.2. The van der Waals surface area contributed by atoms with Crippen LogP contribution in [0.2, 0.25) is 0 Å². The molecule has 0 spiro atoms. The minimum Gasteiger partial charge on any atom is -0.394 e. The molecule has 0 bridgehead atoms. The average Bonchev–Trinajstić information content (AvgIpc) is 2.43. The second-order valence-corrected chi connectivity index (χ2v) is 5.82. The van der Waals surface area contributed by atoms with Crippen molar-refractivity contribution in [2.45, 2.75) is 50.4 Å². The summed E-state index contributed by atoms with van der Waals surface area (Å²) in [4.78, 5) is 12.6. The number of nitrogens with zero attached hydrogens (tertiary/aromatic N) is 3. The molecule has 0 saturated heterocycles. The normalized spacial score (nSPS) is 27.1. The molecule has 2 rings (SSSR count). The molecule has 0 radical (unpaired) electrons. The number of nitrogens with one attached hydrogen (secondary N) is 1. The molecule has 0 aromatic heterocycles. The number of aliphatic imine (C=N–C) groups is 3. The van der Waals surface area contributed by atoms with Gasteiger partial charge in [0.25, 0.3) is 0 Å². The number of guanidine groups is 1. The zero-order valence-corrected chi connectivity index (χ0v) is 12.8. The average molecular weight is 331 g/mol. The Kier molecular flexibility index (Phi) is 5.08. The molecule has 0 fully saturated rings. The SMILES string of the molecule is CC12CC=CN=C1C(=N[C@@H](CO)CCCC(F)(F)F)N=C(N)N2. The van der Waals surface area contributed by atoms with Gasteiger partial charge in [-0.1, -0.05) is 6.08 Å². The Morgan fingerprint density at radius 1 is 1.52 bits per heavy atom. The first-order valence-electron chi connectivity index (χ1n) is 7.35. The van der Waals surface area contributed by atoms with Gasteiger partial charge in [-0.2, -0.15) is 18.2 Å². The van der Waals surface area contributed by atoms with E-state index in [-0.39, 0.29) is 31.2 Å². The summed E-state index contributed by atoms with van der Waals surface area (Å²) < 4.78 is 36.7. The molecule has 2 heterocycles. The first-order valence-corrected chi connectivity index (χ1v) is 7.35. The highest BCUT2D eigenvalue weighted by Crippen LogP contribution is 2.24. The lowest BCUT2D eigenvalue weighted by Gasteiger charge is -2.36. The molecule has 0 aliphatic carbocycles. The summed E-state index contributed by atoms with van der Waals surface area (Å²) in [5, 5.41) is 12.4. The van der Waals surface area contributed by atoms with E-state index in [9.17, 15) is 18.3 Å². The van der Waals surface area contributed by atoms with E-state index in [1.807, 2.05) is 13.0 Å². The quantitative estimate of drug-likeness (QED) is 0.712. The Hall–Kier alpha value is -1.90.